The van der Waals surface area contributed by atoms with Gasteiger partial charge in [0.2, 0.25) is 0 Å². The Balaban J connectivity index is 1.93. The average Bonchev–Trinajstić information content (AvgIpc) is 2.92. The van der Waals surface area contributed by atoms with Crippen LogP contribution >= 0.6 is 11.3 Å². The molecule has 0 aliphatic rings. The molecule has 1 N–H and O–H groups in total. The minimum Gasteiger partial charge on any atom is -0.545 e. The molecule has 5 nitrogen and oxygen atoms in total. The SMILES string of the molecule is CCc1cc2c(Nc3ccc(C(=O)[O-])cc3)ncnc2s1. The summed E-state index contributed by atoms with van der Waals surface area (Å²) in [6, 6.07) is 8.46. The molecule has 3 aromatic rings. The number of nitrogens with one attached hydrogen (secondary N) is 1. The van der Waals surface area contributed by atoms with E-state index in [1.807, 2.05) is 0 Å². The standard InChI is InChI=1S/C15H13N3O2S/c1-2-11-7-12-13(16-8-17-14(12)21-11)18-10-5-3-9(4-6-10)15(19)20/h3-8H,2H2,1H3,(H,19,20)(H,16,17,18)/p-1. The van der Waals surface area contributed by atoms with E-state index < -0.39 is 5.97 Å². The highest BCUT2D eigenvalue weighted by Crippen LogP contribution is 2.30. The molecular formula is C15H12N3O2S-. The zero-order chi connectivity index (χ0) is 14.8. The van der Waals surface area contributed by atoms with Crippen LogP contribution in [0.5, 0.6) is 0 Å². The van der Waals surface area contributed by atoms with Gasteiger partial charge in [-0.2, -0.15) is 0 Å². The van der Waals surface area contributed by atoms with E-state index in [2.05, 4.69) is 28.3 Å². The van der Waals surface area contributed by atoms with Crippen molar-refractivity contribution in [1.29, 1.82) is 0 Å². The molecule has 0 amide bonds. The molecule has 0 unspecified atom stereocenters. The molecule has 1 aromatic carbocycles. The Hall–Kier alpha value is -2.47. The number of thiophene rings is 1. The van der Waals surface area contributed by atoms with Gasteiger partial charge >= 0.3 is 0 Å². The predicted octanol–water partition coefficient (Wildman–Crippen LogP) is 2.36. The van der Waals surface area contributed by atoms with Crippen molar-refractivity contribution in [1.82, 2.24) is 9.97 Å². The molecule has 21 heavy (non-hydrogen) atoms. The molecule has 2 heterocycles. The molecule has 0 aliphatic carbocycles. The maximum atomic E-state index is 10.7. The van der Waals surface area contributed by atoms with Gasteiger partial charge in [0.1, 0.15) is 17.0 Å². The first-order chi connectivity index (χ1) is 10.2. The summed E-state index contributed by atoms with van der Waals surface area (Å²) >= 11 is 1.65. The number of aryl methyl sites for hydroxylation is 1. The minimum atomic E-state index is -1.18. The van der Waals surface area contributed by atoms with Crippen LogP contribution in [-0.4, -0.2) is 15.9 Å². The first-order valence-electron chi connectivity index (χ1n) is 6.49. The smallest absolute Gasteiger partial charge is 0.142 e. The summed E-state index contributed by atoms with van der Waals surface area (Å²) in [7, 11) is 0. The summed E-state index contributed by atoms with van der Waals surface area (Å²) in [5.74, 6) is -0.464. The summed E-state index contributed by atoms with van der Waals surface area (Å²) in [6.45, 7) is 2.10. The number of carboxylic acids is 1. The van der Waals surface area contributed by atoms with Gasteiger partial charge in [0.15, 0.2) is 0 Å². The fourth-order valence-corrected chi connectivity index (χ4v) is 2.94. The topological polar surface area (TPSA) is 77.9 Å². The monoisotopic (exact) mass is 298 g/mol. The number of hydrogen-bond acceptors (Lipinski definition) is 6. The van der Waals surface area contributed by atoms with Crippen LogP contribution in [0, 0.1) is 0 Å². The van der Waals surface area contributed by atoms with Gasteiger partial charge in [-0.05, 0) is 30.2 Å². The van der Waals surface area contributed by atoms with Crippen LogP contribution in [0.25, 0.3) is 10.2 Å². The van der Waals surface area contributed by atoms with Crippen LogP contribution in [0.4, 0.5) is 11.5 Å². The highest BCUT2D eigenvalue weighted by Gasteiger charge is 2.08. The number of aromatic nitrogens is 2. The third-order valence-electron chi connectivity index (χ3n) is 3.11. The third kappa shape index (κ3) is 2.71. The second-order valence-electron chi connectivity index (χ2n) is 4.50. The Kier molecular flexibility index (Phi) is 3.53. The van der Waals surface area contributed by atoms with Gasteiger partial charge in [-0.1, -0.05) is 19.1 Å². The van der Waals surface area contributed by atoms with E-state index in [9.17, 15) is 9.90 Å². The maximum absolute atomic E-state index is 10.7. The number of anilines is 2. The molecule has 0 radical (unpaired) electrons. The van der Waals surface area contributed by atoms with Crippen LogP contribution in [0.2, 0.25) is 0 Å². The summed E-state index contributed by atoms with van der Waals surface area (Å²) in [5, 5.41) is 14.9. The number of carboxylic acid groups (broad SMARTS) is 1. The fourth-order valence-electron chi connectivity index (χ4n) is 2.01. The lowest BCUT2D eigenvalue weighted by atomic mass is 10.2. The lowest BCUT2D eigenvalue weighted by Gasteiger charge is -2.08. The van der Waals surface area contributed by atoms with Gasteiger partial charge in [0.25, 0.3) is 0 Å². The quantitative estimate of drug-likeness (QED) is 0.800. The third-order valence-corrected chi connectivity index (χ3v) is 4.30. The van der Waals surface area contributed by atoms with Gasteiger partial charge in [-0.3, -0.25) is 0 Å². The summed E-state index contributed by atoms with van der Waals surface area (Å²) in [5.41, 5.74) is 0.918. The number of hydrogen-bond donors (Lipinski definition) is 1. The number of carbonyl (C=O) groups is 1. The van der Waals surface area contributed by atoms with Crippen molar-refractivity contribution in [2.45, 2.75) is 13.3 Å². The Morgan fingerprint density at radius 2 is 2.05 bits per heavy atom. The van der Waals surface area contributed by atoms with Crippen molar-refractivity contribution in [3.63, 3.8) is 0 Å². The van der Waals surface area contributed by atoms with Crippen molar-refractivity contribution >= 4 is 39.0 Å². The highest BCUT2D eigenvalue weighted by molar-refractivity contribution is 7.18. The Labute approximate surface area is 125 Å². The first-order valence-corrected chi connectivity index (χ1v) is 7.31. The van der Waals surface area contributed by atoms with Crippen molar-refractivity contribution in [2.75, 3.05) is 5.32 Å². The summed E-state index contributed by atoms with van der Waals surface area (Å²) < 4.78 is 0. The van der Waals surface area contributed by atoms with Crippen LogP contribution in [-0.2, 0) is 6.42 Å². The van der Waals surface area contributed by atoms with Crippen LogP contribution < -0.4 is 10.4 Å². The van der Waals surface area contributed by atoms with E-state index in [1.54, 1.807) is 23.5 Å². The number of fused-ring (bicyclic) bond motifs is 1. The van der Waals surface area contributed by atoms with Gasteiger partial charge in [0.05, 0.1) is 11.4 Å². The maximum Gasteiger partial charge on any atom is 0.142 e. The molecule has 106 valence electrons. The molecule has 2 aromatic heterocycles. The molecule has 3 rings (SSSR count). The van der Waals surface area contributed by atoms with Crippen molar-refractivity contribution < 1.29 is 9.90 Å². The predicted molar refractivity (Wildman–Crippen MR) is 80.8 cm³/mol. The van der Waals surface area contributed by atoms with E-state index in [0.29, 0.717) is 0 Å². The number of aromatic carboxylic acids is 1. The second kappa shape index (κ2) is 5.49. The van der Waals surface area contributed by atoms with Crippen molar-refractivity contribution in [3.8, 4) is 0 Å². The molecule has 6 heteroatoms. The number of carbonyl (C=O) groups excluding carboxylic acids is 1. The zero-order valence-corrected chi connectivity index (χ0v) is 12.1. The molecule has 0 aliphatic heterocycles. The average molecular weight is 298 g/mol. The van der Waals surface area contributed by atoms with E-state index in [1.165, 1.54) is 23.3 Å². The summed E-state index contributed by atoms with van der Waals surface area (Å²) in [6.07, 6.45) is 2.48. The van der Waals surface area contributed by atoms with Crippen molar-refractivity contribution in [3.05, 3.63) is 47.1 Å². The van der Waals surface area contributed by atoms with Gasteiger partial charge in [-0.25, -0.2) is 9.97 Å². The summed E-state index contributed by atoms with van der Waals surface area (Å²) in [4.78, 5) is 21.5. The fraction of sp³-hybridized carbons (Fsp3) is 0.133. The lowest BCUT2D eigenvalue weighted by Crippen LogP contribution is -2.21. The molecule has 0 spiro atoms. The highest BCUT2D eigenvalue weighted by atomic mass is 32.1. The van der Waals surface area contributed by atoms with Crippen LogP contribution in [0.3, 0.4) is 0 Å². The van der Waals surface area contributed by atoms with Crippen LogP contribution in [0.1, 0.15) is 22.2 Å². The number of rotatable bonds is 4. The molecule has 0 atom stereocenters. The molecule has 0 fully saturated rings. The lowest BCUT2D eigenvalue weighted by molar-refractivity contribution is -0.255. The number of benzene rings is 1. The van der Waals surface area contributed by atoms with Gasteiger partial charge < -0.3 is 15.2 Å². The molecule has 0 saturated carbocycles. The first kappa shape index (κ1) is 13.5. The minimum absolute atomic E-state index is 0.150. The Morgan fingerprint density at radius 1 is 1.29 bits per heavy atom. The van der Waals surface area contributed by atoms with E-state index >= 15 is 0 Å². The van der Waals surface area contributed by atoms with E-state index in [4.69, 9.17) is 0 Å². The molecule has 0 bridgehead atoms. The normalized spacial score (nSPS) is 10.7. The number of nitrogens with zero attached hydrogens (tertiary/aromatic N) is 2. The van der Waals surface area contributed by atoms with Gasteiger partial charge in [-0.15, -0.1) is 11.3 Å². The Bertz CT molecular complexity index is 796. The molecular weight excluding hydrogens is 286 g/mol. The van der Waals surface area contributed by atoms with Gasteiger partial charge in [0, 0.05) is 10.6 Å². The van der Waals surface area contributed by atoms with Crippen LogP contribution in [0.15, 0.2) is 36.7 Å². The molecule has 0 saturated heterocycles. The second-order valence-corrected chi connectivity index (χ2v) is 5.61. The van der Waals surface area contributed by atoms with E-state index in [0.717, 1.165) is 28.1 Å². The Morgan fingerprint density at radius 3 is 2.71 bits per heavy atom. The van der Waals surface area contributed by atoms with Crippen molar-refractivity contribution in [2.24, 2.45) is 0 Å². The van der Waals surface area contributed by atoms with E-state index in [-0.39, 0.29) is 5.56 Å². The zero-order valence-electron chi connectivity index (χ0n) is 11.3. The largest absolute Gasteiger partial charge is 0.545 e.